The molecule has 4 heteroatoms. The van der Waals surface area contributed by atoms with Crippen LogP contribution in [0.15, 0.2) is 12.1 Å². The van der Waals surface area contributed by atoms with E-state index in [1.165, 1.54) is 19.3 Å². The van der Waals surface area contributed by atoms with Gasteiger partial charge in [-0.3, -0.25) is 5.41 Å². The molecule has 1 aliphatic rings. The van der Waals surface area contributed by atoms with Crippen molar-refractivity contribution in [1.29, 1.82) is 5.41 Å². The van der Waals surface area contributed by atoms with Gasteiger partial charge in [-0.25, -0.2) is 4.98 Å². The Labute approximate surface area is 109 Å². The van der Waals surface area contributed by atoms with Crippen LogP contribution < -0.4 is 10.6 Å². The molecule has 0 aromatic carbocycles. The van der Waals surface area contributed by atoms with Crippen LogP contribution in [0.5, 0.6) is 0 Å². The van der Waals surface area contributed by atoms with Crippen molar-refractivity contribution in [2.24, 2.45) is 11.7 Å². The van der Waals surface area contributed by atoms with Gasteiger partial charge >= 0.3 is 0 Å². The highest BCUT2D eigenvalue weighted by atomic mass is 15.2. The third kappa shape index (κ3) is 2.63. The second-order valence-electron chi connectivity index (χ2n) is 5.07. The van der Waals surface area contributed by atoms with Gasteiger partial charge in [-0.05, 0) is 44.7 Å². The van der Waals surface area contributed by atoms with Crippen molar-refractivity contribution in [2.75, 3.05) is 18.0 Å². The molecule has 0 amide bonds. The smallest absolute Gasteiger partial charge is 0.139 e. The number of aryl methyl sites for hydroxylation is 1. The SMILES string of the molecule is CCN(CC1CCC1)c1nc(C)ccc1C(=N)N. The molecule has 0 atom stereocenters. The molecule has 1 aromatic heterocycles. The van der Waals surface area contributed by atoms with Gasteiger partial charge in [-0.15, -0.1) is 0 Å². The maximum Gasteiger partial charge on any atom is 0.139 e. The molecule has 0 saturated heterocycles. The predicted molar refractivity (Wildman–Crippen MR) is 75.2 cm³/mol. The minimum atomic E-state index is 0.101. The van der Waals surface area contributed by atoms with Crippen LogP contribution in [0.1, 0.15) is 37.4 Å². The maximum atomic E-state index is 7.67. The van der Waals surface area contributed by atoms with Gasteiger partial charge in [0.05, 0.1) is 5.56 Å². The number of pyridine rings is 1. The number of nitrogens with two attached hydrogens (primary N) is 1. The molecular weight excluding hydrogens is 224 g/mol. The molecule has 1 saturated carbocycles. The summed E-state index contributed by atoms with van der Waals surface area (Å²) in [6.45, 7) is 6.05. The van der Waals surface area contributed by atoms with Crippen LogP contribution in [-0.2, 0) is 0 Å². The number of nitrogens with one attached hydrogen (secondary N) is 1. The lowest BCUT2D eigenvalue weighted by molar-refractivity contribution is 0.318. The summed E-state index contributed by atoms with van der Waals surface area (Å²) in [7, 11) is 0. The molecule has 1 fully saturated rings. The van der Waals surface area contributed by atoms with Crippen molar-refractivity contribution >= 4 is 11.7 Å². The summed E-state index contributed by atoms with van der Waals surface area (Å²) in [6, 6.07) is 3.82. The average molecular weight is 246 g/mol. The molecule has 2 rings (SSSR count). The number of rotatable bonds is 5. The standard InChI is InChI=1S/C14H22N4/c1-3-18(9-11-5-4-6-11)14-12(13(15)16)8-7-10(2)17-14/h7-8,11H,3-6,9H2,1-2H3,(H3,15,16). The van der Waals surface area contributed by atoms with Crippen molar-refractivity contribution < 1.29 is 0 Å². The molecule has 3 N–H and O–H groups in total. The highest BCUT2D eigenvalue weighted by Gasteiger charge is 2.22. The van der Waals surface area contributed by atoms with Crippen LogP contribution >= 0.6 is 0 Å². The van der Waals surface area contributed by atoms with Crippen LogP contribution in [0.25, 0.3) is 0 Å². The first-order valence-corrected chi connectivity index (χ1v) is 6.68. The highest BCUT2D eigenvalue weighted by Crippen LogP contribution is 2.29. The van der Waals surface area contributed by atoms with Gasteiger partial charge in [-0.2, -0.15) is 0 Å². The molecule has 98 valence electrons. The molecule has 1 aromatic rings. The molecule has 0 unspecified atom stereocenters. The van der Waals surface area contributed by atoms with Crippen LogP contribution in [-0.4, -0.2) is 23.9 Å². The molecule has 4 nitrogen and oxygen atoms in total. The van der Waals surface area contributed by atoms with E-state index in [0.29, 0.717) is 0 Å². The van der Waals surface area contributed by atoms with E-state index in [-0.39, 0.29) is 5.84 Å². The average Bonchev–Trinajstić information content (AvgIpc) is 2.27. The first-order chi connectivity index (χ1) is 8.61. The zero-order chi connectivity index (χ0) is 13.1. The molecule has 0 spiro atoms. The molecule has 0 bridgehead atoms. The molecular formula is C14H22N4. The fraction of sp³-hybridized carbons (Fsp3) is 0.571. The van der Waals surface area contributed by atoms with Crippen LogP contribution in [0.4, 0.5) is 5.82 Å². The predicted octanol–water partition coefficient (Wildman–Crippen LogP) is 2.30. The Hall–Kier alpha value is -1.58. The van der Waals surface area contributed by atoms with E-state index in [0.717, 1.165) is 36.1 Å². The van der Waals surface area contributed by atoms with Gasteiger partial charge in [0, 0.05) is 18.8 Å². The Bertz CT molecular complexity index is 437. The first kappa shape index (κ1) is 12.9. The third-order valence-corrected chi connectivity index (χ3v) is 3.69. The molecule has 1 heterocycles. The van der Waals surface area contributed by atoms with Crippen LogP contribution in [0.3, 0.4) is 0 Å². The van der Waals surface area contributed by atoms with Gasteiger partial charge in [0.2, 0.25) is 0 Å². The lowest BCUT2D eigenvalue weighted by Gasteiger charge is -2.33. The Morgan fingerprint density at radius 3 is 2.72 bits per heavy atom. The topological polar surface area (TPSA) is 66.0 Å². The van der Waals surface area contributed by atoms with Crippen molar-refractivity contribution in [3.8, 4) is 0 Å². The Morgan fingerprint density at radius 2 is 2.22 bits per heavy atom. The lowest BCUT2D eigenvalue weighted by atomic mass is 9.85. The van der Waals surface area contributed by atoms with Crippen molar-refractivity contribution in [1.82, 2.24) is 4.98 Å². The summed E-state index contributed by atoms with van der Waals surface area (Å²) in [5.41, 5.74) is 7.38. The number of amidine groups is 1. The van der Waals surface area contributed by atoms with Crippen molar-refractivity contribution in [3.63, 3.8) is 0 Å². The second-order valence-corrected chi connectivity index (χ2v) is 5.07. The number of aromatic nitrogens is 1. The van der Waals surface area contributed by atoms with E-state index in [4.69, 9.17) is 11.1 Å². The number of nitrogen functional groups attached to an aromatic ring is 1. The van der Waals surface area contributed by atoms with Crippen LogP contribution in [0.2, 0.25) is 0 Å². The number of nitrogens with zero attached hydrogens (tertiary/aromatic N) is 2. The van der Waals surface area contributed by atoms with Gasteiger partial charge in [0.25, 0.3) is 0 Å². The lowest BCUT2D eigenvalue weighted by Crippen LogP contribution is -2.34. The van der Waals surface area contributed by atoms with E-state index in [1.807, 2.05) is 19.1 Å². The quantitative estimate of drug-likeness (QED) is 0.619. The fourth-order valence-electron chi connectivity index (χ4n) is 2.35. The number of hydrogen-bond donors (Lipinski definition) is 2. The van der Waals surface area contributed by atoms with Crippen molar-refractivity contribution in [2.45, 2.75) is 33.1 Å². The molecule has 18 heavy (non-hydrogen) atoms. The summed E-state index contributed by atoms with van der Waals surface area (Å²) in [5.74, 6) is 1.76. The van der Waals surface area contributed by atoms with E-state index in [2.05, 4.69) is 16.8 Å². The molecule has 0 radical (unpaired) electrons. The first-order valence-electron chi connectivity index (χ1n) is 6.68. The minimum absolute atomic E-state index is 0.101. The van der Waals surface area contributed by atoms with Crippen molar-refractivity contribution in [3.05, 3.63) is 23.4 Å². The van der Waals surface area contributed by atoms with Crippen LogP contribution in [0, 0.1) is 18.3 Å². The number of hydrogen-bond acceptors (Lipinski definition) is 3. The van der Waals surface area contributed by atoms with Gasteiger partial charge < -0.3 is 10.6 Å². The zero-order valence-corrected chi connectivity index (χ0v) is 11.2. The summed E-state index contributed by atoms with van der Waals surface area (Å²) < 4.78 is 0. The Balaban J connectivity index is 2.26. The summed E-state index contributed by atoms with van der Waals surface area (Å²) in [4.78, 5) is 6.84. The van der Waals surface area contributed by atoms with E-state index < -0.39 is 0 Å². The summed E-state index contributed by atoms with van der Waals surface area (Å²) >= 11 is 0. The molecule has 1 aliphatic carbocycles. The zero-order valence-electron chi connectivity index (χ0n) is 11.2. The monoisotopic (exact) mass is 246 g/mol. The molecule has 0 aliphatic heterocycles. The van der Waals surface area contributed by atoms with Gasteiger partial charge in [0.15, 0.2) is 0 Å². The fourth-order valence-corrected chi connectivity index (χ4v) is 2.35. The number of anilines is 1. The highest BCUT2D eigenvalue weighted by molar-refractivity contribution is 5.99. The van der Waals surface area contributed by atoms with E-state index >= 15 is 0 Å². The minimum Gasteiger partial charge on any atom is -0.384 e. The third-order valence-electron chi connectivity index (χ3n) is 3.69. The van der Waals surface area contributed by atoms with Gasteiger partial charge in [-0.1, -0.05) is 6.42 Å². The summed E-state index contributed by atoms with van der Waals surface area (Å²) in [6.07, 6.45) is 3.98. The Morgan fingerprint density at radius 1 is 1.50 bits per heavy atom. The van der Waals surface area contributed by atoms with E-state index in [9.17, 15) is 0 Å². The Kier molecular flexibility index (Phi) is 3.84. The van der Waals surface area contributed by atoms with Gasteiger partial charge in [0.1, 0.15) is 11.7 Å². The largest absolute Gasteiger partial charge is 0.384 e. The maximum absolute atomic E-state index is 7.67. The normalized spacial score (nSPS) is 15.2. The van der Waals surface area contributed by atoms with E-state index in [1.54, 1.807) is 0 Å². The second kappa shape index (κ2) is 5.38. The summed E-state index contributed by atoms with van der Waals surface area (Å²) in [5, 5.41) is 7.67.